The summed E-state index contributed by atoms with van der Waals surface area (Å²) >= 11 is 0. The molecule has 0 aromatic rings. The van der Waals surface area contributed by atoms with E-state index in [2.05, 4.69) is 0 Å². The predicted octanol–water partition coefficient (Wildman–Crippen LogP) is -0.609. The Bertz CT molecular complexity index is 99.2. The fraction of sp³-hybridized carbons (Fsp3) is 0.333. The monoisotopic (exact) mass is 130 g/mol. The van der Waals surface area contributed by atoms with Crippen LogP contribution in [0.5, 0.6) is 0 Å². The molecule has 0 rings (SSSR count). The van der Waals surface area contributed by atoms with E-state index in [4.69, 9.17) is 10.3 Å². The number of nitrogens with two attached hydrogens (primary N) is 1. The third-order valence-electron chi connectivity index (χ3n) is 0.740. The zero-order valence-electron chi connectivity index (χ0n) is 5.20. The first kappa shape index (κ1) is 8.36. The Morgan fingerprint density at radius 1 is 1.33 bits per heavy atom. The Kier molecular flexibility index (Phi) is 6.84. The van der Waals surface area contributed by atoms with Crippen molar-refractivity contribution >= 4 is 0 Å². The second-order valence-corrected chi connectivity index (χ2v) is 1.47. The molecule has 4 N–H and O–H groups in total. The Balaban J connectivity index is 3.13. The van der Waals surface area contributed by atoms with Gasteiger partial charge in [-0.25, -0.2) is 5.21 Å². The van der Waals surface area contributed by atoms with Crippen LogP contribution in [0.3, 0.4) is 0 Å². The summed E-state index contributed by atoms with van der Waals surface area (Å²) in [6.07, 6.45) is 7.45. The summed E-state index contributed by atoms with van der Waals surface area (Å²) in [4.78, 5) is 0. The van der Waals surface area contributed by atoms with Gasteiger partial charge in [0.2, 0.25) is 0 Å². The lowest BCUT2D eigenvalue weighted by atomic mass is 10.4. The second kappa shape index (κ2) is 7.36. The number of rotatable bonds is 4. The first-order valence-corrected chi connectivity index (χ1v) is 2.82. The van der Waals surface area contributed by atoms with Gasteiger partial charge in [0, 0.05) is 6.61 Å². The van der Waals surface area contributed by atoms with Crippen molar-refractivity contribution in [1.82, 2.24) is 0 Å². The number of aliphatic hydroxyl groups excluding tert-OH is 1. The minimum atomic E-state index is 0.174. The molecular formula is C6H12NO2+. The van der Waals surface area contributed by atoms with Crippen LogP contribution >= 0.6 is 0 Å². The normalized spacial score (nSPS) is 11.8. The zero-order chi connectivity index (χ0) is 6.95. The van der Waals surface area contributed by atoms with Gasteiger partial charge in [-0.15, -0.1) is 0 Å². The molecule has 0 saturated heterocycles. The van der Waals surface area contributed by atoms with Gasteiger partial charge in [-0.1, -0.05) is 12.2 Å². The van der Waals surface area contributed by atoms with Crippen LogP contribution in [0.1, 0.15) is 6.42 Å². The van der Waals surface area contributed by atoms with Crippen molar-refractivity contribution in [3.63, 3.8) is 0 Å². The fourth-order valence-electron chi connectivity index (χ4n) is 0.363. The van der Waals surface area contributed by atoms with Gasteiger partial charge < -0.3 is 5.11 Å². The molecular weight excluding hydrogens is 118 g/mol. The van der Waals surface area contributed by atoms with Gasteiger partial charge in [-0.2, -0.15) is 5.48 Å². The Morgan fingerprint density at radius 3 is 2.67 bits per heavy atom. The Morgan fingerprint density at radius 2 is 2.11 bits per heavy atom. The highest BCUT2D eigenvalue weighted by atomic mass is 16.5. The highest BCUT2D eigenvalue weighted by molar-refractivity contribution is 4.98. The third-order valence-corrected chi connectivity index (χ3v) is 0.740. The van der Waals surface area contributed by atoms with Crippen molar-refractivity contribution < 1.29 is 15.8 Å². The molecule has 0 saturated carbocycles. The van der Waals surface area contributed by atoms with Gasteiger partial charge >= 0.3 is 0 Å². The Labute approximate surface area is 54.3 Å². The fourth-order valence-corrected chi connectivity index (χ4v) is 0.363. The van der Waals surface area contributed by atoms with Crippen LogP contribution < -0.4 is 5.48 Å². The lowest BCUT2D eigenvalue weighted by Crippen LogP contribution is -2.73. The van der Waals surface area contributed by atoms with Gasteiger partial charge in [0.1, 0.15) is 6.20 Å². The molecule has 0 unspecified atom stereocenters. The highest BCUT2D eigenvalue weighted by Gasteiger charge is 1.70. The van der Waals surface area contributed by atoms with Crippen molar-refractivity contribution in [2.75, 3.05) is 6.61 Å². The summed E-state index contributed by atoms with van der Waals surface area (Å²) in [6, 6.07) is 0. The van der Waals surface area contributed by atoms with Crippen LogP contribution in [-0.2, 0) is 0 Å². The van der Waals surface area contributed by atoms with Gasteiger partial charge in [-0.05, 0) is 12.5 Å². The quantitative estimate of drug-likeness (QED) is 0.351. The SMILES string of the molecule is OCC/C=C\C=C/[NH2+]O. The van der Waals surface area contributed by atoms with E-state index in [9.17, 15) is 0 Å². The van der Waals surface area contributed by atoms with Gasteiger partial charge in [0.15, 0.2) is 0 Å². The molecule has 0 aromatic carbocycles. The number of hydrogen-bond donors (Lipinski definition) is 3. The minimum absolute atomic E-state index is 0.174. The van der Waals surface area contributed by atoms with Crippen LogP contribution in [0.4, 0.5) is 0 Å². The number of quaternary nitrogens is 1. The lowest BCUT2D eigenvalue weighted by Gasteiger charge is -1.78. The summed E-state index contributed by atoms with van der Waals surface area (Å²) in [5.74, 6) is 0. The standard InChI is InChI=1S/C6H11NO2/c8-6-4-2-1-3-5-7-9/h1-3,5,7-9H,4,6H2/p+1/b2-1-,5-3-. The molecule has 3 nitrogen and oxygen atoms in total. The average Bonchev–Trinajstić information content (AvgIpc) is 1.89. The molecule has 9 heavy (non-hydrogen) atoms. The summed E-state index contributed by atoms with van der Waals surface area (Å²) in [7, 11) is 0. The molecule has 0 amide bonds. The van der Waals surface area contributed by atoms with E-state index in [1.165, 1.54) is 6.20 Å². The smallest absolute Gasteiger partial charge is 0.125 e. The van der Waals surface area contributed by atoms with E-state index in [0.717, 1.165) is 5.48 Å². The van der Waals surface area contributed by atoms with E-state index in [1.807, 2.05) is 6.08 Å². The Hall–Kier alpha value is -0.640. The highest BCUT2D eigenvalue weighted by Crippen LogP contribution is 1.79. The molecule has 0 atom stereocenters. The molecule has 0 aromatic heterocycles. The molecule has 0 aliphatic carbocycles. The van der Waals surface area contributed by atoms with Crippen LogP contribution in [0.25, 0.3) is 0 Å². The van der Waals surface area contributed by atoms with Crippen molar-refractivity contribution in [1.29, 1.82) is 0 Å². The molecule has 0 aliphatic rings. The van der Waals surface area contributed by atoms with Gasteiger partial charge in [-0.3, -0.25) is 0 Å². The van der Waals surface area contributed by atoms with Crippen LogP contribution in [0.2, 0.25) is 0 Å². The maximum Gasteiger partial charge on any atom is 0.125 e. The molecule has 0 spiro atoms. The molecule has 3 heteroatoms. The molecule has 0 heterocycles. The van der Waals surface area contributed by atoms with Crippen molar-refractivity contribution in [3.8, 4) is 0 Å². The molecule has 52 valence electrons. The van der Waals surface area contributed by atoms with Crippen molar-refractivity contribution in [3.05, 3.63) is 24.4 Å². The summed E-state index contributed by atoms with van der Waals surface area (Å²) < 4.78 is 0. The zero-order valence-corrected chi connectivity index (χ0v) is 5.20. The lowest BCUT2D eigenvalue weighted by molar-refractivity contribution is -0.838. The van der Waals surface area contributed by atoms with Crippen molar-refractivity contribution in [2.24, 2.45) is 0 Å². The van der Waals surface area contributed by atoms with E-state index < -0.39 is 0 Å². The second-order valence-electron chi connectivity index (χ2n) is 1.47. The molecule has 0 fully saturated rings. The summed E-state index contributed by atoms with van der Waals surface area (Å²) in [5, 5.41) is 16.4. The number of hydroxylamine groups is 1. The van der Waals surface area contributed by atoms with E-state index in [0.29, 0.717) is 6.42 Å². The van der Waals surface area contributed by atoms with Crippen molar-refractivity contribution in [2.45, 2.75) is 6.42 Å². The van der Waals surface area contributed by atoms with E-state index in [-0.39, 0.29) is 6.61 Å². The summed E-state index contributed by atoms with van der Waals surface area (Å²) in [6.45, 7) is 0.174. The topological polar surface area (TPSA) is 57.1 Å². The number of aliphatic hydroxyl groups is 1. The van der Waals surface area contributed by atoms with Gasteiger partial charge in [0.25, 0.3) is 0 Å². The maximum atomic E-state index is 8.29. The van der Waals surface area contributed by atoms with E-state index >= 15 is 0 Å². The van der Waals surface area contributed by atoms with Crippen LogP contribution in [0, 0.1) is 0 Å². The average molecular weight is 130 g/mol. The molecule has 0 aliphatic heterocycles. The largest absolute Gasteiger partial charge is 0.396 e. The van der Waals surface area contributed by atoms with E-state index in [1.54, 1.807) is 12.2 Å². The molecule has 0 bridgehead atoms. The number of allylic oxidation sites excluding steroid dienone is 2. The third kappa shape index (κ3) is 7.36. The van der Waals surface area contributed by atoms with Gasteiger partial charge in [0.05, 0.1) is 0 Å². The van der Waals surface area contributed by atoms with Crippen LogP contribution in [-0.4, -0.2) is 16.9 Å². The maximum absolute atomic E-state index is 8.29. The molecule has 0 radical (unpaired) electrons. The van der Waals surface area contributed by atoms with Crippen LogP contribution in [0.15, 0.2) is 24.4 Å². The predicted molar refractivity (Wildman–Crippen MR) is 33.7 cm³/mol. The minimum Gasteiger partial charge on any atom is -0.396 e. The summed E-state index contributed by atoms with van der Waals surface area (Å²) in [5.41, 5.74) is 0.962. The first-order valence-electron chi connectivity index (χ1n) is 2.82. The number of hydrogen-bond acceptors (Lipinski definition) is 2. The first-order chi connectivity index (χ1) is 4.41.